The number of amides is 2. The number of carboxylic acid groups (broad SMARTS) is 2. The number of benzene rings is 1. The Morgan fingerprint density at radius 1 is 1.24 bits per heavy atom. The van der Waals surface area contributed by atoms with Gasteiger partial charge in [0.05, 0.1) is 0 Å². The van der Waals surface area contributed by atoms with Gasteiger partial charge in [0.25, 0.3) is 11.8 Å². The molecule has 1 saturated heterocycles. The molecule has 0 spiro atoms. The second kappa shape index (κ2) is 14.0. The molecular weight excluding hydrogens is 721 g/mol. The van der Waals surface area contributed by atoms with E-state index in [1.165, 1.54) is 37.4 Å². The van der Waals surface area contributed by atoms with Crippen LogP contribution in [0.2, 0.25) is 0 Å². The number of nitrogen functional groups attached to an aromatic ring is 1. The van der Waals surface area contributed by atoms with Gasteiger partial charge >= 0.3 is 11.9 Å². The van der Waals surface area contributed by atoms with Gasteiger partial charge in [-0.25, -0.2) is 9.59 Å². The summed E-state index contributed by atoms with van der Waals surface area (Å²) in [5.41, 5.74) is 12.0. The topological polar surface area (TPSA) is 256 Å². The highest BCUT2D eigenvalue weighted by Gasteiger charge is 2.55. The maximum Gasteiger partial charge on any atom is 0.352 e. The Balaban J connectivity index is 1.21. The number of oxime groups is 1. The largest absolute Gasteiger partial charge is 0.478 e. The van der Waals surface area contributed by atoms with E-state index in [1.807, 2.05) is 59.4 Å². The number of pyridine rings is 1. The molecule has 8 N–H and O–H groups in total. The zero-order valence-corrected chi connectivity index (χ0v) is 29.4. The van der Waals surface area contributed by atoms with Crippen molar-refractivity contribution >= 4 is 85.9 Å². The van der Waals surface area contributed by atoms with E-state index < -0.39 is 46.5 Å². The number of amidine groups is 1. The van der Waals surface area contributed by atoms with Gasteiger partial charge in [0.1, 0.15) is 22.6 Å². The average Bonchev–Trinajstić information content (AvgIpc) is 3.69. The number of rotatable bonds is 12. The summed E-state index contributed by atoms with van der Waals surface area (Å²) in [7, 11) is 0. The number of carbonyl (C=O) groups is 4. The van der Waals surface area contributed by atoms with Crippen LogP contribution in [-0.2, 0) is 37.1 Å². The second-order valence-electron chi connectivity index (χ2n) is 11.9. The highest BCUT2D eigenvalue weighted by Crippen LogP contribution is 2.40. The summed E-state index contributed by atoms with van der Waals surface area (Å²) in [6, 6.07) is 12.4. The van der Waals surface area contributed by atoms with Gasteiger partial charge < -0.3 is 36.4 Å². The quantitative estimate of drug-likeness (QED) is 0.0299. The first-order valence-corrected chi connectivity index (χ1v) is 17.8. The minimum Gasteiger partial charge on any atom is -0.478 e. The van der Waals surface area contributed by atoms with Crippen molar-refractivity contribution in [1.82, 2.24) is 24.1 Å². The third-order valence-corrected chi connectivity index (χ3v) is 10.5. The van der Waals surface area contributed by atoms with E-state index in [2.05, 4.69) is 24.4 Å². The fourth-order valence-electron chi connectivity index (χ4n) is 5.46. The molecule has 5 heterocycles. The van der Waals surface area contributed by atoms with Crippen LogP contribution in [0.5, 0.6) is 0 Å². The zero-order valence-electron chi connectivity index (χ0n) is 27.0. The van der Waals surface area contributed by atoms with Gasteiger partial charge in [0.15, 0.2) is 23.0 Å². The van der Waals surface area contributed by atoms with Crippen LogP contribution in [0, 0.1) is 5.41 Å². The van der Waals surface area contributed by atoms with Crippen molar-refractivity contribution in [2.24, 2.45) is 10.9 Å². The Bertz CT molecular complexity index is 2160. The van der Waals surface area contributed by atoms with Crippen LogP contribution < -0.4 is 21.4 Å². The predicted molar refractivity (Wildman–Crippen MR) is 189 cm³/mol. The molecule has 0 unspecified atom stereocenters. The number of fused-ring (bicyclic) bond motifs is 2. The molecule has 2 aliphatic rings. The number of aromatic nitrogens is 4. The highest BCUT2D eigenvalue weighted by molar-refractivity contribution is 8.13. The minimum absolute atomic E-state index is 0.00471. The number of nitrogens with two attached hydrogens (primary N) is 2. The molecule has 0 radical (unpaired) electrons. The fraction of sp³-hybridized carbons (Fsp3) is 0.258. The summed E-state index contributed by atoms with van der Waals surface area (Å²) < 4.78 is 7.95. The molecule has 17 nitrogen and oxygen atoms in total. The van der Waals surface area contributed by atoms with Crippen molar-refractivity contribution in [3.05, 3.63) is 77.5 Å². The molecule has 2 atom stereocenters. The summed E-state index contributed by atoms with van der Waals surface area (Å²) in [4.78, 5) is 62.0. The third kappa shape index (κ3) is 7.23. The van der Waals surface area contributed by atoms with Gasteiger partial charge in [-0.1, -0.05) is 29.1 Å². The van der Waals surface area contributed by atoms with Crippen molar-refractivity contribution in [2.75, 3.05) is 11.5 Å². The van der Waals surface area contributed by atoms with Crippen LogP contribution >= 0.6 is 35.1 Å². The monoisotopic (exact) mass is 751 g/mol. The molecule has 2 aliphatic heterocycles. The molecular formula is C31H31N10O7S3+. The summed E-state index contributed by atoms with van der Waals surface area (Å²) in [5.74, 6) is -4.18. The van der Waals surface area contributed by atoms with Crippen LogP contribution in [-0.4, -0.2) is 86.4 Å². The minimum atomic E-state index is -1.81. The zero-order chi connectivity index (χ0) is 36.6. The molecule has 0 aliphatic carbocycles. The van der Waals surface area contributed by atoms with E-state index >= 15 is 0 Å². The number of hydrogen-bond acceptors (Lipinski definition) is 13. The van der Waals surface area contributed by atoms with Gasteiger partial charge in [-0.15, -0.1) is 11.8 Å². The number of carbonyl (C=O) groups excluding carboxylic acids is 2. The van der Waals surface area contributed by atoms with E-state index in [1.54, 1.807) is 0 Å². The Morgan fingerprint density at radius 3 is 2.71 bits per heavy atom. The standard InChI is InChI=1S/C31H30N10O7S3/c1-31(2,28(46)47)48-37-20(23-36-30(34)51-38-23)24(42)35-21-25(43)41-22(27(44)45)16(14-49-26(21)41)13-39-9-4-7-18-19(39)8-10-40(18)12-15-5-3-6-17(11-15)50-29(32)33/h3-11,21,26H,12-14H2,1-2H3,(H7-,32,33,34,35,36,38,42,44,45,46,47)/p+1/b37-20-/t21-,26-/m1/s1. The summed E-state index contributed by atoms with van der Waals surface area (Å²) in [6.45, 7) is 3.20. The molecule has 3 aromatic heterocycles. The molecule has 6 rings (SSSR count). The first-order valence-electron chi connectivity index (χ1n) is 15.1. The Morgan fingerprint density at radius 2 is 2.02 bits per heavy atom. The van der Waals surface area contributed by atoms with Crippen molar-refractivity contribution in [3.8, 4) is 0 Å². The van der Waals surface area contributed by atoms with E-state index in [-0.39, 0.29) is 34.1 Å². The number of anilines is 1. The lowest BCUT2D eigenvalue weighted by Crippen LogP contribution is -2.71. The number of nitrogens with one attached hydrogen (secondary N) is 2. The molecule has 264 valence electrons. The lowest BCUT2D eigenvalue weighted by Gasteiger charge is -2.49. The van der Waals surface area contributed by atoms with Gasteiger partial charge in [-0.3, -0.25) is 19.9 Å². The average molecular weight is 752 g/mol. The van der Waals surface area contributed by atoms with E-state index in [9.17, 15) is 29.4 Å². The summed E-state index contributed by atoms with van der Waals surface area (Å²) in [5, 5.41) is 32.8. The Labute approximate surface area is 302 Å². The number of aliphatic carboxylic acids is 2. The number of thioether (sulfide) groups is 2. The van der Waals surface area contributed by atoms with Crippen LogP contribution in [0.1, 0.15) is 25.2 Å². The smallest absolute Gasteiger partial charge is 0.352 e. The van der Waals surface area contributed by atoms with Crippen LogP contribution in [0.15, 0.2) is 76.2 Å². The van der Waals surface area contributed by atoms with Crippen LogP contribution in [0.25, 0.3) is 11.0 Å². The van der Waals surface area contributed by atoms with E-state index in [4.69, 9.17) is 21.7 Å². The summed E-state index contributed by atoms with van der Waals surface area (Å²) >= 11 is 3.24. The second-order valence-corrected chi connectivity index (χ2v) is 14.9. The SMILES string of the molecule is CC(C)(O/N=C(\C(=O)N[C@@H]1C(=O)N2C(C(=O)O)=C(C[n+]3cccc4c3ccn4Cc3cccc(SC(=N)N)c3)CS[C@H]12)c1nsc(N)n1)C(=O)O. The first kappa shape index (κ1) is 35.4. The molecule has 1 aromatic carbocycles. The maximum absolute atomic E-state index is 13.5. The third-order valence-electron chi connectivity index (χ3n) is 7.94. The number of hydrogen-bond donors (Lipinski definition) is 6. The van der Waals surface area contributed by atoms with E-state index in [0.717, 1.165) is 37.9 Å². The fourth-order valence-corrected chi connectivity index (χ4v) is 7.84. The normalized spacial score (nSPS) is 17.6. The lowest BCUT2D eigenvalue weighted by molar-refractivity contribution is -0.663. The lowest BCUT2D eigenvalue weighted by atomic mass is 10.0. The number of nitrogens with zero attached hydrogens (tertiary/aromatic N) is 6. The van der Waals surface area contributed by atoms with Crippen molar-refractivity contribution in [1.29, 1.82) is 5.41 Å². The predicted octanol–water partition coefficient (Wildman–Crippen LogP) is 1.42. The number of carboxylic acids is 2. The Hall–Kier alpha value is -5.47. The molecule has 2 amide bonds. The molecule has 20 heteroatoms. The molecule has 51 heavy (non-hydrogen) atoms. The highest BCUT2D eigenvalue weighted by atomic mass is 32.2. The Kier molecular flexibility index (Phi) is 9.73. The maximum atomic E-state index is 13.5. The van der Waals surface area contributed by atoms with Gasteiger partial charge in [-0.2, -0.15) is 13.9 Å². The molecule has 0 saturated carbocycles. The van der Waals surface area contributed by atoms with Gasteiger partial charge in [0, 0.05) is 52.6 Å². The van der Waals surface area contributed by atoms with Crippen molar-refractivity contribution in [3.63, 3.8) is 0 Å². The summed E-state index contributed by atoms with van der Waals surface area (Å²) in [6.07, 6.45) is 3.78. The van der Waals surface area contributed by atoms with E-state index in [0.29, 0.717) is 12.1 Å². The first-order chi connectivity index (χ1) is 24.2. The van der Waals surface area contributed by atoms with Gasteiger partial charge in [0.2, 0.25) is 22.7 Å². The van der Waals surface area contributed by atoms with Gasteiger partial charge in [-0.05, 0) is 37.6 Å². The number of β-lactam (4-membered cyclic amide) rings is 1. The molecule has 4 aromatic rings. The van der Waals surface area contributed by atoms with Crippen molar-refractivity contribution in [2.45, 2.75) is 48.8 Å². The van der Waals surface area contributed by atoms with Crippen LogP contribution in [0.4, 0.5) is 5.13 Å². The van der Waals surface area contributed by atoms with Crippen molar-refractivity contribution < 1.29 is 38.8 Å². The van der Waals surface area contributed by atoms with Crippen LogP contribution in [0.3, 0.4) is 0 Å². The molecule has 1 fully saturated rings. The molecule has 0 bridgehead atoms.